The first-order chi connectivity index (χ1) is 20.4. The average Bonchev–Trinajstić information content (AvgIpc) is 3.33. The first-order valence-corrected chi connectivity index (χ1v) is 13.4. The second-order valence-corrected chi connectivity index (χ2v) is 10.3. The molecule has 0 bridgehead atoms. The number of carbonyl (C=O) groups is 1. The maximum absolute atomic E-state index is 14.1. The highest BCUT2D eigenvalue weighted by molar-refractivity contribution is 6.61. The molecular formula is C31H29N5O6. The molecule has 0 atom stereocenters. The van der Waals surface area contributed by atoms with Crippen LogP contribution in [0.1, 0.15) is 28.7 Å². The van der Waals surface area contributed by atoms with Crippen LogP contribution in [0.3, 0.4) is 0 Å². The Balaban J connectivity index is 1.48. The maximum Gasteiger partial charge on any atom is 0.283 e. The highest BCUT2D eigenvalue weighted by Crippen LogP contribution is 2.37. The van der Waals surface area contributed by atoms with Crippen molar-refractivity contribution in [3.8, 4) is 5.69 Å². The van der Waals surface area contributed by atoms with Crippen LogP contribution in [0.4, 0.5) is 22.9 Å². The summed E-state index contributed by atoms with van der Waals surface area (Å²) < 4.78 is 1.34. The number of anilines is 3. The molecule has 3 N–H and O–H groups in total. The molecule has 0 saturated heterocycles. The smallest absolute Gasteiger partial charge is 0.283 e. The molecule has 11 nitrogen and oxygen atoms in total. The molecule has 2 aliphatic rings. The highest BCUT2D eigenvalue weighted by Gasteiger charge is 2.38. The van der Waals surface area contributed by atoms with E-state index in [0.29, 0.717) is 28.2 Å². The predicted octanol–water partition coefficient (Wildman–Crippen LogP) is 4.99. The Bertz CT molecular complexity index is 1750. The van der Waals surface area contributed by atoms with Gasteiger partial charge in [0, 0.05) is 24.9 Å². The zero-order chi connectivity index (χ0) is 29.4. The van der Waals surface area contributed by atoms with Gasteiger partial charge in [0.25, 0.3) is 11.5 Å². The van der Waals surface area contributed by atoms with Crippen molar-refractivity contribution in [3.63, 3.8) is 0 Å². The van der Waals surface area contributed by atoms with E-state index in [2.05, 4.69) is 33.4 Å². The van der Waals surface area contributed by atoms with Gasteiger partial charge in [-0.3, -0.25) is 30.1 Å². The van der Waals surface area contributed by atoms with E-state index in [-0.39, 0.29) is 35.9 Å². The number of hydrogen-bond acceptors (Lipinski definition) is 8. The zero-order valence-corrected chi connectivity index (χ0v) is 22.9. The van der Waals surface area contributed by atoms with Crippen LogP contribution >= 0.6 is 0 Å². The molecule has 214 valence electrons. The summed E-state index contributed by atoms with van der Waals surface area (Å²) in [5.74, 6) is -0.188. The van der Waals surface area contributed by atoms with Crippen molar-refractivity contribution in [3.05, 3.63) is 106 Å². The first kappa shape index (κ1) is 27.4. The van der Waals surface area contributed by atoms with Crippen LogP contribution in [0.25, 0.3) is 11.3 Å². The van der Waals surface area contributed by atoms with E-state index in [4.69, 9.17) is 15.5 Å². The molecule has 0 fully saturated rings. The average molecular weight is 568 g/mol. The fourth-order valence-electron chi connectivity index (χ4n) is 5.46. The largest absolute Gasteiger partial charge is 0.374 e. The second-order valence-electron chi connectivity index (χ2n) is 10.3. The lowest BCUT2D eigenvalue weighted by Gasteiger charge is -2.29. The standard InChI is InChI=1S/C31H29N5O6/c1-19-27-29(33-36(30(27)37)25-12-7-21(8-13-25)18-42-40)35(24-10-5-20(6-11-24)17-41-39)31(38)28(19)32-23-9-14-26-22(16-23)4-3-15-34(26)2/h5-14,16,33,39-40H,1,3-4,15,17-18H2,2H3. The van der Waals surface area contributed by atoms with Gasteiger partial charge in [-0.15, -0.1) is 0 Å². The third-order valence-corrected chi connectivity index (χ3v) is 7.59. The van der Waals surface area contributed by atoms with Gasteiger partial charge in [-0.05, 0) is 72.0 Å². The maximum atomic E-state index is 14.1. The minimum Gasteiger partial charge on any atom is -0.374 e. The lowest BCUT2D eigenvalue weighted by Crippen LogP contribution is -2.38. The van der Waals surface area contributed by atoms with Crippen LogP contribution in [0.5, 0.6) is 0 Å². The molecule has 2 aliphatic heterocycles. The van der Waals surface area contributed by atoms with Crippen LogP contribution in [0.2, 0.25) is 0 Å². The summed E-state index contributed by atoms with van der Waals surface area (Å²) in [6.07, 6.45) is 1.94. The lowest BCUT2D eigenvalue weighted by molar-refractivity contribution is -0.253. The van der Waals surface area contributed by atoms with Crippen molar-refractivity contribution >= 4 is 40.1 Å². The van der Waals surface area contributed by atoms with Gasteiger partial charge >= 0.3 is 0 Å². The molecule has 42 heavy (non-hydrogen) atoms. The number of nitrogens with one attached hydrogen (secondary N) is 1. The van der Waals surface area contributed by atoms with E-state index in [1.54, 1.807) is 48.5 Å². The van der Waals surface area contributed by atoms with Crippen molar-refractivity contribution in [2.75, 3.05) is 23.4 Å². The SMILES string of the molecule is C=C1C(=Nc2ccc3c(c2)CCCN3C)C(=O)N(c2ccc(COO)cc2)c2[nH]n(-c3ccc(COO)cc3)c(=O)c21. The summed E-state index contributed by atoms with van der Waals surface area (Å²) in [4.78, 5) is 44.8. The van der Waals surface area contributed by atoms with Crippen LogP contribution in [-0.2, 0) is 34.2 Å². The normalized spacial score (nSPS) is 15.7. The minimum absolute atomic E-state index is 0.00557. The minimum atomic E-state index is -0.447. The molecule has 0 radical (unpaired) electrons. The number of carbonyl (C=O) groups excluding carboxylic acids is 1. The zero-order valence-electron chi connectivity index (χ0n) is 22.9. The Labute approximate surface area is 241 Å². The molecule has 0 aliphatic carbocycles. The van der Waals surface area contributed by atoms with Gasteiger partial charge in [-0.1, -0.05) is 30.8 Å². The number of hydrogen-bond donors (Lipinski definition) is 3. The van der Waals surface area contributed by atoms with Crippen LogP contribution in [-0.4, -0.2) is 45.5 Å². The lowest BCUT2D eigenvalue weighted by atomic mass is 9.98. The van der Waals surface area contributed by atoms with Crippen molar-refractivity contribution < 1.29 is 25.1 Å². The molecule has 6 rings (SSSR count). The van der Waals surface area contributed by atoms with Crippen molar-refractivity contribution in [2.45, 2.75) is 26.1 Å². The molecule has 0 spiro atoms. The van der Waals surface area contributed by atoms with E-state index in [1.807, 2.05) is 18.2 Å². The van der Waals surface area contributed by atoms with Crippen molar-refractivity contribution in [2.24, 2.45) is 4.99 Å². The number of aliphatic imine (C=N–C) groups is 1. The molecule has 11 heteroatoms. The molecular weight excluding hydrogens is 538 g/mol. The predicted molar refractivity (Wildman–Crippen MR) is 159 cm³/mol. The number of H-pyrrole nitrogens is 1. The number of aromatic nitrogens is 2. The molecule has 0 saturated carbocycles. The van der Waals surface area contributed by atoms with Gasteiger partial charge in [0.2, 0.25) is 0 Å². The topological polar surface area (TPSA) is 133 Å². The van der Waals surface area contributed by atoms with Crippen LogP contribution in [0, 0.1) is 0 Å². The molecule has 1 amide bonds. The number of amides is 1. The molecule has 1 aromatic heterocycles. The fraction of sp³-hybridized carbons (Fsp3) is 0.194. The molecule has 0 unspecified atom stereocenters. The number of aryl methyl sites for hydroxylation is 1. The van der Waals surface area contributed by atoms with E-state index < -0.39 is 11.5 Å². The number of aromatic amines is 1. The van der Waals surface area contributed by atoms with Gasteiger partial charge in [-0.2, -0.15) is 0 Å². The number of rotatable bonds is 7. The van der Waals surface area contributed by atoms with Gasteiger partial charge in [-0.25, -0.2) is 19.4 Å². The van der Waals surface area contributed by atoms with E-state index in [1.165, 1.54) is 9.58 Å². The summed E-state index contributed by atoms with van der Waals surface area (Å²) in [6.45, 7) is 5.12. The Morgan fingerprint density at radius 3 is 2.21 bits per heavy atom. The van der Waals surface area contributed by atoms with E-state index in [0.717, 1.165) is 30.6 Å². The number of nitrogens with zero attached hydrogens (tertiary/aromatic N) is 4. The molecule has 3 aromatic carbocycles. The van der Waals surface area contributed by atoms with Gasteiger partial charge in [0.15, 0.2) is 0 Å². The molecule has 3 heterocycles. The van der Waals surface area contributed by atoms with Gasteiger partial charge in [0.1, 0.15) is 24.7 Å². The Morgan fingerprint density at radius 1 is 0.929 bits per heavy atom. The monoisotopic (exact) mass is 567 g/mol. The molecule has 4 aromatic rings. The number of benzene rings is 3. The van der Waals surface area contributed by atoms with Crippen molar-refractivity contribution in [1.82, 2.24) is 9.78 Å². The fourth-order valence-corrected chi connectivity index (χ4v) is 5.46. The van der Waals surface area contributed by atoms with Crippen LogP contribution < -0.4 is 15.4 Å². The van der Waals surface area contributed by atoms with Gasteiger partial charge < -0.3 is 4.90 Å². The summed E-state index contributed by atoms with van der Waals surface area (Å²) >= 11 is 0. The summed E-state index contributed by atoms with van der Waals surface area (Å²) in [6, 6.07) is 19.5. The summed E-state index contributed by atoms with van der Waals surface area (Å²) in [5.41, 5.74) is 5.40. The summed E-state index contributed by atoms with van der Waals surface area (Å²) in [7, 11) is 2.05. The number of fused-ring (bicyclic) bond motifs is 2. The summed E-state index contributed by atoms with van der Waals surface area (Å²) in [5, 5.41) is 20.7. The van der Waals surface area contributed by atoms with Crippen LogP contribution in [0.15, 0.2) is 83.1 Å². The Morgan fingerprint density at radius 2 is 1.57 bits per heavy atom. The van der Waals surface area contributed by atoms with E-state index in [9.17, 15) is 9.59 Å². The van der Waals surface area contributed by atoms with E-state index >= 15 is 0 Å². The highest BCUT2D eigenvalue weighted by atomic mass is 17.1. The quantitative estimate of drug-likeness (QED) is 0.212. The third kappa shape index (κ3) is 4.84. The Hall–Kier alpha value is -4.81. The second kappa shape index (κ2) is 11.2. The van der Waals surface area contributed by atoms with Gasteiger partial charge in [0.05, 0.1) is 22.6 Å². The third-order valence-electron chi connectivity index (χ3n) is 7.59. The first-order valence-electron chi connectivity index (χ1n) is 13.4. The van der Waals surface area contributed by atoms with Crippen molar-refractivity contribution in [1.29, 1.82) is 0 Å². The Kier molecular flexibility index (Phi) is 7.31.